The fourth-order valence-corrected chi connectivity index (χ4v) is 1.27. The second kappa shape index (κ2) is 2.21. The molecule has 12 heavy (non-hydrogen) atoms. The van der Waals surface area contributed by atoms with Gasteiger partial charge >= 0.3 is 11.9 Å². The van der Waals surface area contributed by atoms with Gasteiger partial charge in [0.25, 0.3) is 0 Å². The fourth-order valence-electron chi connectivity index (χ4n) is 1.27. The van der Waals surface area contributed by atoms with E-state index in [1.165, 1.54) is 6.92 Å². The van der Waals surface area contributed by atoms with Gasteiger partial charge in [0.15, 0.2) is 0 Å². The first-order valence-electron chi connectivity index (χ1n) is 3.75. The number of hydrogen-bond acceptors (Lipinski definition) is 3. The van der Waals surface area contributed by atoms with Gasteiger partial charge in [-0.3, -0.25) is 9.59 Å². The fraction of sp³-hybridized carbons (Fsp3) is 0.750. The lowest BCUT2D eigenvalue weighted by Crippen LogP contribution is -2.43. The van der Waals surface area contributed by atoms with Gasteiger partial charge < -0.3 is 9.84 Å². The van der Waals surface area contributed by atoms with Crippen LogP contribution in [0, 0.1) is 5.41 Å². The highest BCUT2D eigenvalue weighted by atomic mass is 16.6. The second-order valence-electron chi connectivity index (χ2n) is 3.80. The van der Waals surface area contributed by atoms with Crippen molar-refractivity contribution >= 4 is 11.9 Å². The molecule has 0 bridgehead atoms. The summed E-state index contributed by atoms with van der Waals surface area (Å²) >= 11 is 0. The quantitative estimate of drug-likeness (QED) is 0.594. The standard InChI is InChI=1S/C8H12O4/c1-7(2)8(3,6(10)11)4-5(9)12-7/h4H2,1-3H3,(H,10,11)/t8-/m1/s1. The summed E-state index contributed by atoms with van der Waals surface area (Å²) < 4.78 is 4.91. The zero-order valence-electron chi connectivity index (χ0n) is 7.38. The summed E-state index contributed by atoms with van der Waals surface area (Å²) in [6, 6.07) is 0. The summed E-state index contributed by atoms with van der Waals surface area (Å²) in [5, 5.41) is 8.89. The molecule has 1 saturated heterocycles. The zero-order valence-corrected chi connectivity index (χ0v) is 7.38. The molecule has 68 valence electrons. The molecule has 1 heterocycles. The van der Waals surface area contributed by atoms with Crippen LogP contribution in [0.1, 0.15) is 27.2 Å². The molecule has 0 aromatic rings. The first kappa shape index (κ1) is 9.03. The number of carbonyl (C=O) groups is 2. The van der Waals surface area contributed by atoms with Crippen LogP contribution < -0.4 is 0 Å². The van der Waals surface area contributed by atoms with Gasteiger partial charge in [-0.1, -0.05) is 0 Å². The van der Waals surface area contributed by atoms with Gasteiger partial charge in [-0.25, -0.2) is 0 Å². The maximum absolute atomic E-state index is 10.9. The first-order valence-corrected chi connectivity index (χ1v) is 3.75. The number of ether oxygens (including phenoxy) is 1. The van der Waals surface area contributed by atoms with Crippen LogP contribution in [0.4, 0.5) is 0 Å². The molecule has 1 aliphatic heterocycles. The van der Waals surface area contributed by atoms with Crippen LogP contribution >= 0.6 is 0 Å². The minimum absolute atomic E-state index is 0.0463. The number of esters is 1. The minimum atomic E-state index is -1.09. The van der Waals surface area contributed by atoms with Crippen LogP contribution in [-0.4, -0.2) is 22.6 Å². The topological polar surface area (TPSA) is 63.6 Å². The van der Waals surface area contributed by atoms with Crippen molar-refractivity contribution in [2.45, 2.75) is 32.8 Å². The third kappa shape index (κ3) is 0.983. The Labute approximate surface area is 70.5 Å². The number of carbonyl (C=O) groups excluding carboxylic acids is 1. The van der Waals surface area contributed by atoms with E-state index >= 15 is 0 Å². The number of cyclic esters (lactones) is 1. The van der Waals surface area contributed by atoms with Crippen molar-refractivity contribution in [2.75, 3.05) is 0 Å². The van der Waals surface area contributed by atoms with Crippen molar-refractivity contribution in [3.05, 3.63) is 0 Å². The van der Waals surface area contributed by atoms with Gasteiger partial charge in [-0.2, -0.15) is 0 Å². The van der Waals surface area contributed by atoms with E-state index in [4.69, 9.17) is 9.84 Å². The van der Waals surface area contributed by atoms with Crippen molar-refractivity contribution in [1.82, 2.24) is 0 Å². The molecule has 4 heteroatoms. The number of rotatable bonds is 1. The summed E-state index contributed by atoms with van der Waals surface area (Å²) in [7, 11) is 0. The van der Waals surface area contributed by atoms with Crippen LogP contribution in [-0.2, 0) is 14.3 Å². The average molecular weight is 172 g/mol. The maximum atomic E-state index is 10.9. The molecule has 0 spiro atoms. The summed E-state index contributed by atoms with van der Waals surface area (Å²) in [6.45, 7) is 4.76. The normalized spacial score (nSPS) is 33.1. The Balaban J connectivity index is 3.05. The highest BCUT2D eigenvalue weighted by Crippen LogP contribution is 2.43. The lowest BCUT2D eigenvalue weighted by atomic mass is 9.75. The molecule has 0 aromatic carbocycles. The van der Waals surface area contributed by atoms with E-state index in [1.807, 2.05) is 0 Å². The Bertz CT molecular complexity index is 243. The molecule has 0 saturated carbocycles. The van der Waals surface area contributed by atoms with Crippen molar-refractivity contribution in [1.29, 1.82) is 0 Å². The number of carboxylic acid groups (broad SMARTS) is 1. The van der Waals surface area contributed by atoms with Gasteiger partial charge in [0.05, 0.1) is 6.42 Å². The predicted octanol–water partition coefficient (Wildman–Crippen LogP) is 0.803. The van der Waals surface area contributed by atoms with Crippen molar-refractivity contribution in [3.63, 3.8) is 0 Å². The summed E-state index contributed by atoms with van der Waals surface area (Å²) in [5.74, 6) is -1.43. The molecule has 4 nitrogen and oxygen atoms in total. The predicted molar refractivity (Wildman–Crippen MR) is 40.5 cm³/mol. The molecular weight excluding hydrogens is 160 g/mol. The lowest BCUT2D eigenvalue weighted by molar-refractivity contribution is -0.159. The summed E-state index contributed by atoms with van der Waals surface area (Å²) in [4.78, 5) is 21.7. The Morgan fingerprint density at radius 1 is 1.50 bits per heavy atom. The SMILES string of the molecule is CC1(C)OC(=O)C[C@]1(C)C(=O)O. The third-order valence-electron chi connectivity index (χ3n) is 2.67. The van der Waals surface area contributed by atoms with Crippen LogP contribution in [0.25, 0.3) is 0 Å². The maximum Gasteiger partial charge on any atom is 0.314 e. The molecule has 0 radical (unpaired) electrons. The highest BCUT2D eigenvalue weighted by molar-refractivity contribution is 5.86. The number of hydrogen-bond donors (Lipinski definition) is 1. The molecular formula is C8H12O4. The molecule has 1 aliphatic rings. The van der Waals surface area contributed by atoms with E-state index in [9.17, 15) is 9.59 Å². The molecule has 0 aromatic heterocycles. The van der Waals surface area contributed by atoms with E-state index in [0.29, 0.717) is 0 Å². The van der Waals surface area contributed by atoms with Gasteiger partial charge in [0.1, 0.15) is 11.0 Å². The van der Waals surface area contributed by atoms with Crippen molar-refractivity contribution < 1.29 is 19.4 Å². The van der Waals surface area contributed by atoms with E-state index in [-0.39, 0.29) is 6.42 Å². The number of aliphatic carboxylic acids is 1. The Morgan fingerprint density at radius 2 is 2.00 bits per heavy atom. The van der Waals surface area contributed by atoms with Gasteiger partial charge in [-0.15, -0.1) is 0 Å². The first-order chi connectivity index (χ1) is 5.29. The zero-order chi connectivity index (χ0) is 9.57. The monoisotopic (exact) mass is 172 g/mol. The highest BCUT2D eigenvalue weighted by Gasteiger charge is 2.57. The van der Waals surface area contributed by atoms with Gasteiger partial charge in [0.2, 0.25) is 0 Å². The molecule has 1 atom stereocenters. The third-order valence-corrected chi connectivity index (χ3v) is 2.67. The number of carboxylic acids is 1. The molecule has 0 unspecified atom stereocenters. The van der Waals surface area contributed by atoms with Gasteiger partial charge in [0, 0.05) is 0 Å². The lowest BCUT2D eigenvalue weighted by Gasteiger charge is -2.30. The van der Waals surface area contributed by atoms with E-state index < -0.39 is 23.0 Å². The minimum Gasteiger partial charge on any atom is -0.481 e. The van der Waals surface area contributed by atoms with E-state index in [1.54, 1.807) is 13.8 Å². The van der Waals surface area contributed by atoms with Crippen LogP contribution in [0.3, 0.4) is 0 Å². The Morgan fingerprint density at radius 3 is 2.17 bits per heavy atom. The second-order valence-corrected chi connectivity index (χ2v) is 3.80. The molecule has 0 amide bonds. The van der Waals surface area contributed by atoms with Crippen LogP contribution in [0.2, 0.25) is 0 Å². The van der Waals surface area contributed by atoms with E-state index in [0.717, 1.165) is 0 Å². The summed E-state index contributed by atoms with van der Waals surface area (Å²) in [5.41, 5.74) is -2.00. The van der Waals surface area contributed by atoms with E-state index in [2.05, 4.69) is 0 Å². The Hall–Kier alpha value is -1.06. The Kier molecular flexibility index (Phi) is 1.67. The largest absolute Gasteiger partial charge is 0.481 e. The smallest absolute Gasteiger partial charge is 0.314 e. The van der Waals surface area contributed by atoms with Crippen LogP contribution in [0.5, 0.6) is 0 Å². The molecule has 1 fully saturated rings. The van der Waals surface area contributed by atoms with Crippen molar-refractivity contribution in [3.8, 4) is 0 Å². The van der Waals surface area contributed by atoms with Crippen LogP contribution in [0.15, 0.2) is 0 Å². The molecule has 0 aliphatic carbocycles. The average Bonchev–Trinajstić information content (AvgIpc) is 2.02. The summed E-state index contributed by atoms with van der Waals surface area (Å²) in [6.07, 6.45) is -0.0463. The van der Waals surface area contributed by atoms with Crippen molar-refractivity contribution in [2.24, 2.45) is 5.41 Å². The van der Waals surface area contributed by atoms with Gasteiger partial charge in [-0.05, 0) is 20.8 Å². The molecule has 1 rings (SSSR count). The molecule has 1 N–H and O–H groups in total.